The Bertz CT molecular complexity index is 1140. The molecule has 2 radical (unpaired) electrons. The normalized spacial score (nSPS) is 9.27. The third-order valence-electron chi connectivity index (χ3n) is 5.23. The molecule has 0 N–H and O–H groups in total. The Kier molecular flexibility index (Phi) is 20.8. The van der Waals surface area contributed by atoms with Gasteiger partial charge in [-0.25, -0.2) is 0 Å². The molecule has 192 valence electrons. The maximum atomic E-state index is 3.60. The summed E-state index contributed by atoms with van der Waals surface area (Å²) in [5, 5.41) is 5.35. The van der Waals surface area contributed by atoms with E-state index in [0.29, 0.717) is 0 Å². The van der Waals surface area contributed by atoms with E-state index in [1.807, 2.05) is 0 Å². The van der Waals surface area contributed by atoms with E-state index in [1.165, 1.54) is 51.1 Å². The van der Waals surface area contributed by atoms with Gasteiger partial charge in [0.05, 0.1) is 0 Å². The van der Waals surface area contributed by atoms with E-state index in [2.05, 4.69) is 151 Å². The predicted molar refractivity (Wildman–Crippen MR) is 167 cm³/mol. The quantitative estimate of drug-likeness (QED) is 0.132. The summed E-state index contributed by atoms with van der Waals surface area (Å²) in [6, 6.07) is 36.2. The zero-order chi connectivity index (χ0) is 26.6. The van der Waals surface area contributed by atoms with Crippen LogP contribution in [0.1, 0.15) is 45.1 Å². The zero-order valence-electron chi connectivity index (χ0n) is 23.6. The van der Waals surface area contributed by atoms with Crippen LogP contribution in [0.25, 0.3) is 32.7 Å². The molecule has 5 aromatic carbocycles. The van der Waals surface area contributed by atoms with Gasteiger partial charge in [-0.3, -0.25) is 0 Å². The van der Waals surface area contributed by atoms with Crippen LogP contribution in [0.2, 0.25) is 13.1 Å². The molecule has 37 heavy (non-hydrogen) atoms. The van der Waals surface area contributed by atoms with Crippen molar-refractivity contribution in [3.05, 3.63) is 123 Å². The van der Waals surface area contributed by atoms with Gasteiger partial charge in [0.15, 0.2) is 0 Å². The Morgan fingerprint density at radius 1 is 0.730 bits per heavy atom. The Morgan fingerprint density at radius 2 is 1.27 bits per heavy atom. The van der Waals surface area contributed by atoms with Crippen molar-refractivity contribution in [1.82, 2.24) is 0 Å². The van der Waals surface area contributed by atoms with Gasteiger partial charge in [0.1, 0.15) is 0 Å². The van der Waals surface area contributed by atoms with Gasteiger partial charge in [-0.2, -0.15) is 31.0 Å². The predicted octanol–water partition coefficient (Wildman–Crippen LogP) is 11.1. The van der Waals surface area contributed by atoms with Crippen LogP contribution < -0.4 is 0 Å². The largest absolute Gasteiger partial charge is 4.00 e. The van der Waals surface area contributed by atoms with Crippen LogP contribution in [0.5, 0.6) is 0 Å². The minimum atomic E-state index is 0. The second-order valence-electron chi connectivity index (χ2n) is 8.57. The molecule has 0 aromatic heterocycles. The number of rotatable bonds is 3. The third-order valence-corrected chi connectivity index (χ3v) is 5.23. The number of hydrogen-bond acceptors (Lipinski definition) is 0. The molecule has 0 unspecified atom stereocenters. The van der Waals surface area contributed by atoms with Crippen molar-refractivity contribution in [2.24, 2.45) is 0 Å². The molecule has 0 spiro atoms. The molecule has 0 aliphatic rings. The van der Waals surface area contributed by atoms with E-state index in [1.54, 1.807) is 0 Å². The molecule has 0 heterocycles. The average Bonchev–Trinajstić information content (AvgIpc) is 3.56. The van der Waals surface area contributed by atoms with E-state index in [-0.39, 0.29) is 25.8 Å². The fourth-order valence-corrected chi connectivity index (χ4v) is 3.34. The second-order valence-corrected chi connectivity index (χ2v) is 9.57. The smallest absolute Gasteiger partial charge is 0.343 e. The maximum Gasteiger partial charge on any atom is 4.00 e. The van der Waals surface area contributed by atoms with Crippen LogP contribution in [-0.2, 0) is 25.8 Å². The van der Waals surface area contributed by atoms with Crippen molar-refractivity contribution < 1.29 is 25.8 Å². The molecule has 0 saturated heterocycles. The van der Waals surface area contributed by atoms with Crippen molar-refractivity contribution in [1.29, 1.82) is 0 Å². The minimum Gasteiger partial charge on any atom is -0.343 e. The van der Waals surface area contributed by atoms with Crippen molar-refractivity contribution in [2.75, 3.05) is 0 Å². The molecule has 0 fully saturated rings. The summed E-state index contributed by atoms with van der Waals surface area (Å²) in [5.74, 6) is 0. The van der Waals surface area contributed by atoms with Gasteiger partial charge in [-0.05, 0) is 5.56 Å². The first kappa shape index (κ1) is 35.0. The summed E-state index contributed by atoms with van der Waals surface area (Å²) in [6.45, 7) is 17.9. The van der Waals surface area contributed by atoms with Gasteiger partial charge < -0.3 is 13.8 Å². The first-order valence-electron chi connectivity index (χ1n) is 13.0. The molecule has 0 nitrogen and oxygen atoms in total. The van der Waals surface area contributed by atoms with Gasteiger partial charge in [0, 0.05) is 9.52 Å². The van der Waals surface area contributed by atoms with Crippen LogP contribution in [0.4, 0.5) is 0 Å². The molecular formula is C35H44HfSi. The van der Waals surface area contributed by atoms with Gasteiger partial charge in [-0.1, -0.05) is 94.7 Å². The molecule has 0 aliphatic heterocycles. The summed E-state index contributed by atoms with van der Waals surface area (Å²) in [6.07, 6.45) is 4.56. The van der Waals surface area contributed by atoms with Crippen LogP contribution in [0, 0.1) is 20.8 Å². The van der Waals surface area contributed by atoms with E-state index in [4.69, 9.17) is 0 Å². The maximum absolute atomic E-state index is 3.60. The Labute approximate surface area is 248 Å². The van der Waals surface area contributed by atoms with Gasteiger partial charge in [-0.15, -0.1) is 69.6 Å². The summed E-state index contributed by atoms with van der Waals surface area (Å²) in [7, 11) is 1.08. The molecule has 2 heteroatoms. The molecular weight excluding hydrogens is 627 g/mol. The number of fused-ring (bicyclic) bond motifs is 2. The van der Waals surface area contributed by atoms with Gasteiger partial charge >= 0.3 is 25.8 Å². The molecule has 0 atom stereocenters. The summed E-state index contributed by atoms with van der Waals surface area (Å²) in [5.41, 5.74) is 3.95. The first-order chi connectivity index (χ1) is 17.6. The fraction of sp³-hybridized carbons (Fsp3) is 0.257. The second kappa shape index (κ2) is 22.0. The summed E-state index contributed by atoms with van der Waals surface area (Å²) < 4.78 is 0. The monoisotopic (exact) mass is 672 g/mol. The van der Waals surface area contributed by atoms with E-state index >= 15 is 0 Å². The van der Waals surface area contributed by atoms with Crippen LogP contribution >= 0.6 is 0 Å². The number of unbranched alkanes of at least 4 members (excludes halogenated alkanes) is 2. The van der Waals surface area contributed by atoms with Gasteiger partial charge in [0.2, 0.25) is 0 Å². The summed E-state index contributed by atoms with van der Waals surface area (Å²) in [4.78, 5) is 0. The standard InChI is InChI=1S/C15H11.C10H9.2C4H9.C2H6Si.Hf/c1-2-6-12(7-3-1)14-10-4-8-13-9-5-11-15(13)14;1-8-6-9-4-2-3-5-10(9)7-8;2*1-3-4-2;1-3-2;/h1-11H;2-7H,1H3;2*1,3-4H2,2H3;1-2H3;/q4*-1;;+4. The Morgan fingerprint density at radius 3 is 1.84 bits per heavy atom. The molecule has 0 bridgehead atoms. The first-order valence-corrected chi connectivity index (χ1v) is 15.0. The summed E-state index contributed by atoms with van der Waals surface area (Å²) >= 11 is 0. The number of benzene rings is 3. The Hall–Kier alpha value is -2.03. The molecule has 5 aromatic rings. The average molecular weight is 671 g/mol. The topological polar surface area (TPSA) is 0 Å². The fourth-order valence-electron chi connectivity index (χ4n) is 3.34. The zero-order valence-corrected chi connectivity index (χ0v) is 28.2. The molecule has 0 amide bonds. The van der Waals surface area contributed by atoms with Crippen molar-refractivity contribution in [2.45, 2.75) is 59.5 Å². The van der Waals surface area contributed by atoms with Gasteiger partial charge in [0.25, 0.3) is 0 Å². The Balaban J connectivity index is 0.000000511. The molecule has 0 saturated carbocycles. The number of hydrogen-bond donors (Lipinski definition) is 0. The SMILES string of the molecule is C[Si]C.Cc1cc2ccccc2[cH-]1.[CH2-]CCC.[CH2-]CCC.[Hf+4].c1ccc(-c2cccc3[cH-]ccc23)cc1. The minimum absolute atomic E-state index is 0. The number of aryl methyl sites for hydroxylation is 1. The molecule has 5 rings (SSSR count). The molecule has 0 aliphatic carbocycles. The van der Waals surface area contributed by atoms with Crippen LogP contribution in [0.3, 0.4) is 0 Å². The van der Waals surface area contributed by atoms with Crippen LogP contribution in [-0.4, -0.2) is 9.52 Å². The van der Waals surface area contributed by atoms with E-state index in [9.17, 15) is 0 Å². The van der Waals surface area contributed by atoms with Crippen molar-refractivity contribution in [3.8, 4) is 11.1 Å². The van der Waals surface area contributed by atoms with E-state index < -0.39 is 0 Å². The van der Waals surface area contributed by atoms with Crippen molar-refractivity contribution >= 4 is 31.1 Å². The van der Waals surface area contributed by atoms with Crippen molar-refractivity contribution in [3.63, 3.8) is 0 Å². The third kappa shape index (κ3) is 13.4. The van der Waals surface area contributed by atoms with E-state index in [0.717, 1.165) is 22.4 Å². The van der Waals surface area contributed by atoms with Crippen LogP contribution in [0.15, 0.2) is 103 Å².